The molecule has 1 N–H and O–H groups in total. The summed E-state index contributed by atoms with van der Waals surface area (Å²) in [6.07, 6.45) is 7.18. The van der Waals surface area contributed by atoms with Gasteiger partial charge in [-0.1, -0.05) is 12.1 Å². The van der Waals surface area contributed by atoms with Crippen LogP contribution in [0.4, 0.5) is 0 Å². The summed E-state index contributed by atoms with van der Waals surface area (Å²) in [5.74, 6) is -0.365. The van der Waals surface area contributed by atoms with E-state index in [0.29, 0.717) is 6.54 Å². The average molecular weight is 431 g/mol. The second-order valence-corrected chi connectivity index (χ2v) is 9.27. The summed E-state index contributed by atoms with van der Waals surface area (Å²) in [4.78, 5) is 17.4. The number of benzene rings is 2. The van der Waals surface area contributed by atoms with Gasteiger partial charge >= 0.3 is 0 Å². The summed E-state index contributed by atoms with van der Waals surface area (Å²) in [7, 11) is -2.32. The third-order valence-electron chi connectivity index (χ3n) is 4.36. The lowest BCUT2D eigenvalue weighted by molar-refractivity contribution is -0.121. The molecule has 2 aromatic carbocycles. The molecule has 0 saturated heterocycles. The summed E-state index contributed by atoms with van der Waals surface area (Å²) in [6, 6.07) is 14.3. The molecule has 0 aliphatic rings. The van der Waals surface area contributed by atoms with Crippen LogP contribution in [0, 0.1) is 0 Å². The molecule has 1 amide bonds. The van der Waals surface area contributed by atoms with Crippen LogP contribution in [0.5, 0.6) is 0 Å². The average Bonchev–Trinajstić information content (AvgIpc) is 3.27. The molecular formula is C20H22N4O3S2. The zero-order valence-corrected chi connectivity index (χ0v) is 17.8. The fourth-order valence-corrected chi connectivity index (χ4v) is 4.20. The molecule has 0 spiro atoms. The van der Waals surface area contributed by atoms with Crippen molar-refractivity contribution in [1.29, 1.82) is 0 Å². The molecule has 1 aromatic heterocycles. The fraction of sp³-hybridized carbons (Fsp3) is 0.200. The van der Waals surface area contributed by atoms with E-state index in [1.165, 1.54) is 18.8 Å². The molecule has 7 nitrogen and oxygen atoms in total. The molecule has 0 atom stereocenters. The van der Waals surface area contributed by atoms with E-state index < -0.39 is 10.0 Å². The number of sulfonamides is 1. The standard InChI is InChI=1S/C20H22N4O3S2/c1-23(29(26,27)19-9-7-18(28-2)8-10-19)14-20(25)22-13-16-3-5-17(6-4-16)24-12-11-21-15-24/h3-12,15H,13-14H2,1-2H3,(H,22,25). The number of aromatic nitrogens is 2. The quantitative estimate of drug-likeness (QED) is 0.555. The van der Waals surface area contributed by atoms with Crippen LogP contribution in [0.2, 0.25) is 0 Å². The van der Waals surface area contributed by atoms with Gasteiger partial charge in [-0.2, -0.15) is 4.31 Å². The van der Waals surface area contributed by atoms with Gasteiger partial charge in [0.1, 0.15) is 0 Å². The maximum atomic E-state index is 12.6. The summed E-state index contributed by atoms with van der Waals surface area (Å²) in [5, 5.41) is 2.76. The lowest BCUT2D eigenvalue weighted by atomic mass is 10.2. The van der Waals surface area contributed by atoms with E-state index in [0.717, 1.165) is 20.5 Å². The lowest BCUT2D eigenvalue weighted by Crippen LogP contribution is -2.38. The predicted octanol–water partition coefficient (Wildman–Crippen LogP) is 2.53. The summed E-state index contributed by atoms with van der Waals surface area (Å²) in [5.41, 5.74) is 1.89. The van der Waals surface area contributed by atoms with E-state index in [-0.39, 0.29) is 17.3 Å². The molecule has 0 aliphatic carbocycles. The smallest absolute Gasteiger partial charge is 0.243 e. The van der Waals surface area contributed by atoms with Gasteiger partial charge in [0, 0.05) is 36.6 Å². The highest BCUT2D eigenvalue weighted by Gasteiger charge is 2.22. The first-order valence-electron chi connectivity index (χ1n) is 8.84. The van der Waals surface area contributed by atoms with Gasteiger partial charge in [0.25, 0.3) is 0 Å². The van der Waals surface area contributed by atoms with Gasteiger partial charge in [-0.3, -0.25) is 4.79 Å². The number of rotatable bonds is 8. The first kappa shape index (κ1) is 21.1. The summed E-state index contributed by atoms with van der Waals surface area (Å²) < 4.78 is 28.2. The van der Waals surface area contributed by atoms with E-state index >= 15 is 0 Å². The zero-order valence-electron chi connectivity index (χ0n) is 16.1. The Morgan fingerprint density at radius 2 is 1.83 bits per heavy atom. The molecule has 152 valence electrons. The monoisotopic (exact) mass is 430 g/mol. The third kappa shape index (κ3) is 5.26. The van der Waals surface area contributed by atoms with E-state index in [1.54, 1.807) is 36.8 Å². The maximum absolute atomic E-state index is 12.6. The SMILES string of the molecule is CSc1ccc(S(=O)(=O)N(C)CC(=O)NCc2ccc(-n3ccnc3)cc2)cc1. The molecule has 1 heterocycles. The number of imidazole rings is 1. The van der Waals surface area contributed by atoms with Crippen LogP contribution < -0.4 is 5.32 Å². The van der Waals surface area contributed by atoms with Crippen molar-refractivity contribution in [2.75, 3.05) is 19.8 Å². The van der Waals surface area contributed by atoms with Gasteiger partial charge in [0.2, 0.25) is 15.9 Å². The van der Waals surface area contributed by atoms with Crippen molar-refractivity contribution < 1.29 is 13.2 Å². The molecule has 9 heteroatoms. The largest absolute Gasteiger partial charge is 0.351 e. The predicted molar refractivity (Wildman–Crippen MR) is 113 cm³/mol. The van der Waals surface area contributed by atoms with Crippen LogP contribution in [0.25, 0.3) is 5.69 Å². The van der Waals surface area contributed by atoms with Gasteiger partial charge in [-0.25, -0.2) is 13.4 Å². The van der Waals surface area contributed by atoms with E-state index in [2.05, 4.69) is 10.3 Å². The number of hydrogen-bond donors (Lipinski definition) is 1. The minimum atomic E-state index is -3.72. The molecule has 0 bridgehead atoms. The molecular weight excluding hydrogens is 408 g/mol. The van der Waals surface area contributed by atoms with Gasteiger partial charge < -0.3 is 9.88 Å². The minimum Gasteiger partial charge on any atom is -0.351 e. The van der Waals surface area contributed by atoms with Gasteiger partial charge in [0.05, 0.1) is 17.8 Å². The van der Waals surface area contributed by atoms with Crippen LogP contribution >= 0.6 is 11.8 Å². The Labute approximate surface area is 174 Å². The first-order chi connectivity index (χ1) is 13.9. The second kappa shape index (κ2) is 9.25. The summed E-state index contributed by atoms with van der Waals surface area (Å²) in [6.45, 7) is 0.0685. The number of thioether (sulfide) groups is 1. The number of carbonyl (C=O) groups excluding carboxylic acids is 1. The number of carbonyl (C=O) groups is 1. The van der Waals surface area contributed by atoms with Crippen LogP contribution in [0.15, 0.2) is 77.0 Å². The van der Waals surface area contributed by atoms with Gasteiger partial charge in [-0.15, -0.1) is 11.8 Å². The number of amides is 1. The Morgan fingerprint density at radius 1 is 1.14 bits per heavy atom. The van der Waals surface area contributed by atoms with Crippen molar-refractivity contribution in [2.45, 2.75) is 16.3 Å². The first-order valence-corrected chi connectivity index (χ1v) is 11.5. The van der Waals surface area contributed by atoms with Crippen LogP contribution in [-0.4, -0.2) is 48.0 Å². The van der Waals surface area contributed by atoms with Crippen molar-refractivity contribution in [1.82, 2.24) is 19.2 Å². The van der Waals surface area contributed by atoms with Crippen LogP contribution in [0.3, 0.4) is 0 Å². The van der Waals surface area contributed by atoms with Crippen molar-refractivity contribution in [3.8, 4) is 5.69 Å². The minimum absolute atomic E-state index is 0.167. The Kier molecular flexibility index (Phi) is 6.73. The number of likely N-dealkylation sites (N-methyl/N-ethyl adjacent to an activating group) is 1. The topological polar surface area (TPSA) is 84.3 Å². The van der Waals surface area contributed by atoms with Crippen LogP contribution in [0.1, 0.15) is 5.56 Å². The Balaban J connectivity index is 1.55. The van der Waals surface area contributed by atoms with Crippen molar-refractivity contribution in [2.24, 2.45) is 0 Å². The van der Waals surface area contributed by atoms with E-state index in [1.807, 2.05) is 41.3 Å². The number of hydrogen-bond acceptors (Lipinski definition) is 5. The highest BCUT2D eigenvalue weighted by Crippen LogP contribution is 2.19. The summed E-state index contributed by atoms with van der Waals surface area (Å²) >= 11 is 1.53. The normalized spacial score (nSPS) is 11.6. The highest BCUT2D eigenvalue weighted by molar-refractivity contribution is 7.98. The van der Waals surface area contributed by atoms with Crippen molar-refractivity contribution in [3.63, 3.8) is 0 Å². The molecule has 3 aromatic rings. The Bertz CT molecular complexity index is 1050. The third-order valence-corrected chi connectivity index (χ3v) is 6.92. The molecule has 29 heavy (non-hydrogen) atoms. The Hall–Kier alpha value is -2.62. The molecule has 0 unspecified atom stereocenters. The molecule has 0 fully saturated rings. The van der Waals surface area contributed by atoms with Gasteiger partial charge in [-0.05, 0) is 48.2 Å². The number of nitrogens with one attached hydrogen (secondary N) is 1. The van der Waals surface area contributed by atoms with Gasteiger partial charge in [0.15, 0.2) is 0 Å². The highest BCUT2D eigenvalue weighted by atomic mass is 32.2. The fourth-order valence-electron chi connectivity index (χ4n) is 2.67. The lowest BCUT2D eigenvalue weighted by Gasteiger charge is -2.17. The molecule has 0 radical (unpaired) electrons. The number of nitrogens with zero attached hydrogens (tertiary/aromatic N) is 3. The van der Waals surface area contributed by atoms with E-state index in [9.17, 15) is 13.2 Å². The van der Waals surface area contributed by atoms with Crippen LogP contribution in [-0.2, 0) is 21.4 Å². The zero-order chi connectivity index (χ0) is 20.9. The van der Waals surface area contributed by atoms with E-state index in [4.69, 9.17) is 0 Å². The van der Waals surface area contributed by atoms with Crippen molar-refractivity contribution in [3.05, 3.63) is 72.8 Å². The Morgan fingerprint density at radius 3 is 2.41 bits per heavy atom. The molecule has 3 rings (SSSR count). The second-order valence-electron chi connectivity index (χ2n) is 6.35. The maximum Gasteiger partial charge on any atom is 0.243 e. The molecule has 0 saturated carbocycles. The molecule has 0 aliphatic heterocycles. The van der Waals surface area contributed by atoms with Crippen molar-refractivity contribution >= 4 is 27.7 Å².